The van der Waals surface area contributed by atoms with Crippen LogP contribution in [0.1, 0.15) is 30.0 Å². The van der Waals surface area contributed by atoms with Gasteiger partial charge in [0.05, 0.1) is 11.1 Å². The summed E-state index contributed by atoms with van der Waals surface area (Å²) in [6, 6.07) is 4.85. The van der Waals surface area contributed by atoms with E-state index in [4.69, 9.17) is 9.26 Å². The van der Waals surface area contributed by atoms with Gasteiger partial charge in [0.25, 0.3) is 5.88 Å². The molecule has 2 aromatic rings. The number of hydrogen-bond donors (Lipinski definition) is 0. The third-order valence-corrected chi connectivity index (χ3v) is 2.78. The Morgan fingerprint density at radius 2 is 1.90 bits per heavy atom. The Balaban J connectivity index is 1.99. The summed E-state index contributed by atoms with van der Waals surface area (Å²) in [7, 11) is 0. The van der Waals surface area contributed by atoms with Crippen molar-refractivity contribution in [2.75, 3.05) is 0 Å². The molecule has 3 nitrogen and oxygen atoms in total. The van der Waals surface area contributed by atoms with E-state index >= 15 is 0 Å². The molecule has 1 aromatic carbocycles. The zero-order valence-corrected chi connectivity index (χ0v) is 10.9. The largest absolute Gasteiger partial charge is 0.470 e. The van der Waals surface area contributed by atoms with Gasteiger partial charge in [0.15, 0.2) is 0 Å². The van der Waals surface area contributed by atoms with Gasteiger partial charge < -0.3 is 9.26 Å². The van der Waals surface area contributed by atoms with E-state index in [0.29, 0.717) is 11.4 Å². The van der Waals surface area contributed by atoms with Crippen molar-refractivity contribution >= 4 is 0 Å². The van der Waals surface area contributed by atoms with Gasteiger partial charge in [-0.05, 0) is 29.3 Å². The summed E-state index contributed by atoms with van der Waals surface area (Å²) in [5, 5.41) is 3.73. The lowest BCUT2D eigenvalue weighted by Gasteiger charge is -2.08. The number of ether oxygens (including phenoxy) is 1. The van der Waals surface area contributed by atoms with Gasteiger partial charge in [-0.2, -0.15) is 13.2 Å². The van der Waals surface area contributed by atoms with Crippen LogP contribution in [0.5, 0.6) is 5.88 Å². The molecule has 1 heterocycles. The number of alkyl halides is 3. The Labute approximate surface area is 114 Å². The zero-order chi connectivity index (χ0) is 14.6. The van der Waals surface area contributed by atoms with Crippen LogP contribution in [0.2, 0.25) is 0 Å². The summed E-state index contributed by atoms with van der Waals surface area (Å²) in [5.41, 5.74) is 0.831. The van der Waals surface area contributed by atoms with Gasteiger partial charge in [-0.1, -0.05) is 25.5 Å². The molecule has 0 aliphatic heterocycles. The SMILES string of the molecule is CCCc1conc1OCc1ccc(C(F)(F)F)cc1. The first-order chi connectivity index (χ1) is 9.50. The highest BCUT2D eigenvalue weighted by Crippen LogP contribution is 2.29. The Hall–Kier alpha value is -1.98. The summed E-state index contributed by atoms with van der Waals surface area (Å²) in [6.45, 7) is 2.17. The predicted molar refractivity (Wildman–Crippen MR) is 66.3 cm³/mol. The summed E-state index contributed by atoms with van der Waals surface area (Å²) in [5.74, 6) is 0.395. The van der Waals surface area contributed by atoms with Gasteiger partial charge in [0, 0.05) is 0 Å². The summed E-state index contributed by atoms with van der Waals surface area (Å²) < 4.78 is 47.5. The molecule has 0 N–H and O–H groups in total. The third kappa shape index (κ3) is 3.53. The molecule has 0 saturated carbocycles. The maximum atomic E-state index is 12.4. The molecular formula is C14H14F3NO2. The molecule has 0 aliphatic carbocycles. The molecule has 0 aliphatic rings. The number of nitrogens with zero attached hydrogens (tertiary/aromatic N) is 1. The van der Waals surface area contributed by atoms with Gasteiger partial charge >= 0.3 is 6.18 Å². The van der Waals surface area contributed by atoms with Gasteiger partial charge in [0.2, 0.25) is 0 Å². The molecule has 0 spiro atoms. The fraction of sp³-hybridized carbons (Fsp3) is 0.357. The van der Waals surface area contributed by atoms with E-state index in [-0.39, 0.29) is 6.61 Å². The molecular weight excluding hydrogens is 271 g/mol. The minimum absolute atomic E-state index is 0.154. The number of benzene rings is 1. The predicted octanol–water partition coefficient (Wildman–Crippen LogP) is 4.22. The molecule has 20 heavy (non-hydrogen) atoms. The van der Waals surface area contributed by atoms with E-state index in [1.807, 2.05) is 6.92 Å². The number of halogens is 3. The molecule has 6 heteroatoms. The second-order valence-corrected chi connectivity index (χ2v) is 4.38. The molecule has 0 saturated heterocycles. The molecule has 108 valence electrons. The fourth-order valence-electron chi connectivity index (χ4n) is 1.74. The lowest BCUT2D eigenvalue weighted by Crippen LogP contribution is -2.05. The average Bonchev–Trinajstić information content (AvgIpc) is 2.84. The maximum absolute atomic E-state index is 12.4. The molecule has 1 aromatic heterocycles. The first-order valence-electron chi connectivity index (χ1n) is 6.23. The van der Waals surface area contributed by atoms with Crippen molar-refractivity contribution in [1.82, 2.24) is 5.16 Å². The van der Waals surface area contributed by atoms with Gasteiger partial charge in [-0.25, -0.2) is 0 Å². The van der Waals surface area contributed by atoms with Crippen LogP contribution >= 0.6 is 0 Å². The summed E-state index contributed by atoms with van der Waals surface area (Å²) >= 11 is 0. The van der Waals surface area contributed by atoms with E-state index in [1.165, 1.54) is 18.4 Å². The second kappa shape index (κ2) is 5.98. The first kappa shape index (κ1) is 14.4. The number of rotatable bonds is 5. The minimum Gasteiger partial charge on any atom is -0.470 e. The van der Waals surface area contributed by atoms with Crippen molar-refractivity contribution in [1.29, 1.82) is 0 Å². The van der Waals surface area contributed by atoms with Crippen LogP contribution < -0.4 is 4.74 Å². The van der Waals surface area contributed by atoms with Gasteiger partial charge in [0.1, 0.15) is 12.9 Å². The highest BCUT2D eigenvalue weighted by Gasteiger charge is 2.29. The van der Waals surface area contributed by atoms with Crippen molar-refractivity contribution in [3.63, 3.8) is 0 Å². The van der Waals surface area contributed by atoms with Crippen molar-refractivity contribution in [3.05, 3.63) is 47.2 Å². The average molecular weight is 285 g/mol. The van der Waals surface area contributed by atoms with Crippen molar-refractivity contribution in [2.24, 2.45) is 0 Å². The monoisotopic (exact) mass is 285 g/mol. The topological polar surface area (TPSA) is 35.3 Å². The quantitative estimate of drug-likeness (QED) is 0.824. The van der Waals surface area contributed by atoms with Crippen LogP contribution in [0, 0.1) is 0 Å². The lowest BCUT2D eigenvalue weighted by molar-refractivity contribution is -0.137. The van der Waals surface area contributed by atoms with Crippen LogP contribution in [0.4, 0.5) is 13.2 Å². The molecule has 0 radical (unpaired) electrons. The van der Waals surface area contributed by atoms with E-state index in [1.54, 1.807) is 0 Å². The first-order valence-corrected chi connectivity index (χ1v) is 6.23. The van der Waals surface area contributed by atoms with Crippen LogP contribution in [0.25, 0.3) is 0 Å². The third-order valence-electron chi connectivity index (χ3n) is 2.78. The number of aryl methyl sites for hydroxylation is 1. The summed E-state index contributed by atoms with van der Waals surface area (Å²) in [4.78, 5) is 0. The van der Waals surface area contributed by atoms with Crippen LogP contribution in [0.15, 0.2) is 35.1 Å². The second-order valence-electron chi connectivity index (χ2n) is 4.38. The fourth-order valence-corrected chi connectivity index (χ4v) is 1.74. The van der Waals surface area contributed by atoms with E-state index < -0.39 is 11.7 Å². The Kier molecular flexibility index (Phi) is 4.32. The highest BCUT2D eigenvalue weighted by molar-refractivity contribution is 5.25. The van der Waals surface area contributed by atoms with Crippen molar-refractivity contribution in [3.8, 4) is 5.88 Å². The van der Waals surface area contributed by atoms with Gasteiger partial charge in [-0.3, -0.25) is 0 Å². The normalized spacial score (nSPS) is 11.6. The zero-order valence-electron chi connectivity index (χ0n) is 10.9. The minimum atomic E-state index is -4.32. The molecule has 0 unspecified atom stereocenters. The van der Waals surface area contributed by atoms with Crippen LogP contribution in [-0.2, 0) is 19.2 Å². The number of hydrogen-bond acceptors (Lipinski definition) is 3. The highest BCUT2D eigenvalue weighted by atomic mass is 19.4. The van der Waals surface area contributed by atoms with Crippen molar-refractivity contribution < 1.29 is 22.4 Å². The van der Waals surface area contributed by atoms with Crippen LogP contribution in [0.3, 0.4) is 0 Å². The maximum Gasteiger partial charge on any atom is 0.416 e. The van der Waals surface area contributed by atoms with Crippen LogP contribution in [-0.4, -0.2) is 5.16 Å². The summed E-state index contributed by atoms with van der Waals surface area (Å²) in [6.07, 6.45) is -1.09. The standard InChI is InChI=1S/C14H14F3NO2/c1-2-3-11-9-20-18-13(11)19-8-10-4-6-12(7-5-10)14(15,16)17/h4-7,9H,2-3,8H2,1H3. The van der Waals surface area contributed by atoms with Gasteiger partial charge in [-0.15, -0.1) is 0 Å². The molecule has 0 fully saturated rings. The Morgan fingerprint density at radius 3 is 2.50 bits per heavy atom. The Morgan fingerprint density at radius 1 is 1.20 bits per heavy atom. The van der Waals surface area contributed by atoms with E-state index in [0.717, 1.165) is 30.5 Å². The van der Waals surface area contributed by atoms with Crippen molar-refractivity contribution in [2.45, 2.75) is 32.5 Å². The number of aromatic nitrogens is 1. The molecule has 2 rings (SSSR count). The molecule has 0 atom stereocenters. The van der Waals surface area contributed by atoms with E-state index in [2.05, 4.69) is 5.16 Å². The molecule has 0 amide bonds. The van der Waals surface area contributed by atoms with E-state index in [9.17, 15) is 13.2 Å². The Bertz CT molecular complexity index is 546. The lowest BCUT2D eigenvalue weighted by atomic mass is 10.1. The smallest absolute Gasteiger partial charge is 0.416 e. The molecule has 0 bridgehead atoms.